The van der Waals surface area contributed by atoms with Crippen LogP contribution in [0.15, 0.2) is 30.3 Å². The van der Waals surface area contributed by atoms with E-state index in [1.165, 1.54) is 50.1 Å². The predicted molar refractivity (Wildman–Crippen MR) is 95.2 cm³/mol. The van der Waals surface area contributed by atoms with Crippen molar-refractivity contribution in [3.8, 4) is 0 Å². The van der Waals surface area contributed by atoms with Gasteiger partial charge in [0.15, 0.2) is 0 Å². The molecule has 1 aliphatic heterocycles. The van der Waals surface area contributed by atoms with Gasteiger partial charge in [-0.15, -0.1) is 0 Å². The van der Waals surface area contributed by atoms with Crippen LogP contribution in [0.5, 0.6) is 0 Å². The molecule has 2 nitrogen and oxygen atoms in total. The summed E-state index contributed by atoms with van der Waals surface area (Å²) in [4.78, 5) is 2.74. The van der Waals surface area contributed by atoms with E-state index in [9.17, 15) is 0 Å². The van der Waals surface area contributed by atoms with Gasteiger partial charge in [0.1, 0.15) is 0 Å². The molecule has 3 heteroatoms. The number of nitrogens with zero attached hydrogens (tertiary/aromatic N) is 1. The van der Waals surface area contributed by atoms with Crippen LogP contribution in [0.2, 0.25) is 0 Å². The molecule has 0 saturated carbocycles. The van der Waals surface area contributed by atoms with E-state index in [1.807, 2.05) is 11.8 Å². The number of thioether (sulfide) groups is 1. The molecule has 1 N–H and O–H groups in total. The van der Waals surface area contributed by atoms with E-state index in [2.05, 4.69) is 53.7 Å². The fourth-order valence-corrected chi connectivity index (χ4v) is 3.66. The first kappa shape index (κ1) is 16.9. The van der Waals surface area contributed by atoms with Crippen molar-refractivity contribution in [1.29, 1.82) is 0 Å². The lowest BCUT2D eigenvalue weighted by Gasteiger charge is -2.40. The van der Waals surface area contributed by atoms with E-state index in [1.54, 1.807) is 0 Å². The highest BCUT2D eigenvalue weighted by Gasteiger charge is 2.26. The van der Waals surface area contributed by atoms with E-state index in [-0.39, 0.29) is 0 Å². The molecule has 1 heterocycles. The summed E-state index contributed by atoms with van der Waals surface area (Å²) in [5, 5.41) is 3.76. The molecule has 2 unspecified atom stereocenters. The van der Waals surface area contributed by atoms with E-state index < -0.39 is 0 Å². The van der Waals surface area contributed by atoms with Crippen LogP contribution in [0, 0.1) is 0 Å². The lowest BCUT2D eigenvalue weighted by atomic mass is 9.99. The van der Waals surface area contributed by atoms with Gasteiger partial charge in [-0.05, 0) is 43.4 Å². The second kappa shape index (κ2) is 9.50. The Labute approximate surface area is 134 Å². The molecule has 2 rings (SSSR count). The summed E-state index contributed by atoms with van der Waals surface area (Å²) < 4.78 is 0. The molecule has 1 saturated heterocycles. The van der Waals surface area contributed by atoms with Gasteiger partial charge in [0.05, 0.1) is 0 Å². The molecule has 21 heavy (non-hydrogen) atoms. The highest BCUT2D eigenvalue weighted by Crippen LogP contribution is 2.16. The van der Waals surface area contributed by atoms with Gasteiger partial charge in [-0.1, -0.05) is 43.7 Å². The summed E-state index contributed by atoms with van der Waals surface area (Å²) in [5.74, 6) is 1.28. The lowest BCUT2D eigenvalue weighted by Crippen LogP contribution is -2.57. The van der Waals surface area contributed by atoms with Gasteiger partial charge in [-0.3, -0.25) is 4.90 Å². The first-order chi connectivity index (χ1) is 10.3. The summed E-state index contributed by atoms with van der Waals surface area (Å²) in [7, 11) is 0. The Balaban J connectivity index is 1.92. The summed E-state index contributed by atoms with van der Waals surface area (Å²) >= 11 is 1.96. The van der Waals surface area contributed by atoms with Crippen LogP contribution in [0.3, 0.4) is 0 Å². The van der Waals surface area contributed by atoms with Gasteiger partial charge in [0, 0.05) is 25.2 Å². The Bertz CT molecular complexity index is 382. The molecule has 1 fully saturated rings. The minimum absolute atomic E-state index is 0.655. The van der Waals surface area contributed by atoms with Gasteiger partial charge >= 0.3 is 0 Å². The lowest BCUT2D eigenvalue weighted by molar-refractivity contribution is 0.126. The minimum atomic E-state index is 0.655. The van der Waals surface area contributed by atoms with Crippen LogP contribution in [0.25, 0.3) is 0 Å². The van der Waals surface area contributed by atoms with Crippen LogP contribution in [0.1, 0.15) is 31.7 Å². The third kappa shape index (κ3) is 5.65. The SMILES string of the molecule is CCCC1CN(CCCSC)C(Cc2ccccc2)CN1. The van der Waals surface area contributed by atoms with Crippen molar-refractivity contribution >= 4 is 11.8 Å². The third-order valence-corrected chi connectivity index (χ3v) is 5.06. The zero-order valence-electron chi connectivity index (χ0n) is 13.6. The number of nitrogens with one attached hydrogen (secondary N) is 1. The van der Waals surface area contributed by atoms with Gasteiger partial charge in [0.25, 0.3) is 0 Å². The summed E-state index contributed by atoms with van der Waals surface area (Å²) in [6.45, 7) is 5.90. The monoisotopic (exact) mass is 306 g/mol. The molecule has 0 spiro atoms. The fourth-order valence-electron chi connectivity index (χ4n) is 3.24. The van der Waals surface area contributed by atoms with Crippen molar-refractivity contribution in [2.24, 2.45) is 0 Å². The Morgan fingerprint density at radius 2 is 2.10 bits per heavy atom. The Morgan fingerprint density at radius 3 is 2.81 bits per heavy atom. The average Bonchev–Trinajstić information content (AvgIpc) is 2.51. The number of rotatable bonds is 8. The number of benzene rings is 1. The van der Waals surface area contributed by atoms with Crippen molar-refractivity contribution in [3.63, 3.8) is 0 Å². The second-order valence-corrected chi connectivity index (χ2v) is 7.06. The molecule has 0 aliphatic carbocycles. The molecular weight excluding hydrogens is 276 g/mol. The zero-order chi connectivity index (χ0) is 14.9. The van der Waals surface area contributed by atoms with Gasteiger partial charge in [-0.25, -0.2) is 0 Å². The summed E-state index contributed by atoms with van der Waals surface area (Å²) in [5.41, 5.74) is 1.47. The minimum Gasteiger partial charge on any atom is -0.311 e. The van der Waals surface area contributed by atoms with E-state index in [0.29, 0.717) is 12.1 Å². The van der Waals surface area contributed by atoms with Crippen molar-refractivity contribution in [2.75, 3.05) is 31.6 Å². The highest BCUT2D eigenvalue weighted by atomic mass is 32.2. The maximum atomic E-state index is 3.76. The largest absolute Gasteiger partial charge is 0.311 e. The topological polar surface area (TPSA) is 15.3 Å². The molecule has 0 amide bonds. The number of hydrogen-bond donors (Lipinski definition) is 1. The molecule has 1 aromatic rings. The highest BCUT2D eigenvalue weighted by molar-refractivity contribution is 7.98. The Kier molecular flexibility index (Phi) is 7.62. The van der Waals surface area contributed by atoms with Crippen LogP contribution in [-0.2, 0) is 6.42 Å². The summed E-state index contributed by atoms with van der Waals surface area (Å²) in [6, 6.07) is 12.3. The van der Waals surface area contributed by atoms with Gasteiger partial charge in [-0.2, -0.15) is 11.8 Å². The first-order valence-electron chi connectivity index (χ1n) is 8.33. The van der Waals surface area contributed by atoms with Gasteiger partial charge in [0.2, 0.25) is 0 Å². The quantitative estimate of drug-likeness (QED) is 0.741. The molecule has 0 aromatic heterocycles. The Hall–Kier alpha value is -0.510. The molecule has 1 aromatic carbocycles. The molecule has 1 aliphatic rings. The van der Waals surface area contributed by atoms with E-state index in [4.69, 9.17) is 0 Å². The van der Waals surface area contributed by atoms with E-state index in [0.717, 1.165) is 6.54 Å². The third-order valence-electron chi connectivity index (χ3n) is 4.36. The molecule has 0 bridgehead atoms. The fraction of sp³-hybridized carbons (Fsp3) is 0.667. The Morgan fingerprint density at radius 1 is 1.29 bits per heavy atom. The average molecular weight is 307 g/mol. The van der Waals surface area contributed by atoms with Crippen LogP contribution in [-0.4, -0.2) is 48.6 Å². The van der Waals surface area contributed by atoms with Crippen LogP contribution >= 0.6 is 11.8 Å². The van der Waals surface area contributed by atoms with Crippen molar-refractivity contribution in [1.82, 2.24) is 10.2 Å². The smallest absolute Gasteiger partial charge is 0.0261 e. The van der Waals surface area contributed by atoms with E-state index >= 15 is 0 Å². The maximum Gasteiger partial charge on any atom is 0.0261 e. The standard InChI is InChI=1S/C18H30N2S/c1-3-8-17-15-20(11-7-12-21-2)18(14-19-17)13-16-9-5-4-6-10-16/h4-6,9-10,17-19H,3,7-8,11-15H2,1-2H3. The predicted octanol–water partition coefficient (Wildman–Crippen LogP) is 3.42. The van der Waals surface area contributed by atoms with Crippen molar-refractivity contribution < 1.29 is 0 Å². The zero-order valence-corrected chi connectivity index (χ0v) is 14.4. The molecular formula is C18H30N2S. The maximum absolute atomic E-state index is 3.76. The van der Waals surface area contributed by atoms with Crippen LogP contribution in [0.4, 0.5) is 0 Å². The molecule has 118 valence electrons. The molecule has 2 atom stereocenters. The molecule has 0 radical (unpaired) electrons. The first-order valence-corrected chi connectivity index (χ1v) is 9.73. The van der Waals surface area contributed by atoms with Crippen molar-refractivity contribution in [2.45, 2.75) is 44.7 Å². The normalized spacial score (nSPS) is 23.3. The second-order valence-electron chi connectivity index (χ2n) is 6.08. The summed E-state index contributed by atoms with van der Waals surface area (Å²) in [6.07, 6.45) is 7.27. The number of hydrogen-bond acceptors (Lipinski definition) is 3. The van der Waals surface area contributed by atoms with Crippen LogP contribution < -0.4 is 5.32 Å². The van der Waals surface area contributed by atoms with Crippen molar-refractivity contribution in [3.05, 3.63) is 35.9 Å². The number of piperazine rings is 1. The van der Waals surface area contributed by atoms with Gasteiger partial charge < -0.3 is 5.32 Å².